The first-order chi connectivity index (χ1) is 8.63. The van der Waals surface area contributed by atoms with Crippen LogP contribution >= 0.6 is 0 Å². The Bertz CT molecular complexity index is 419. The molecule has 3 heteroatoms. The van der Waals surface area contributed by atoms with Gasteiger partial charge in [-0.25, -0.2) is 0 Å². The van der Waals surface area contributed by atoms with E-state index in [-0.39, 0.29) is 11.6 Å². The lowest BCUT2D eigenvalue weighted by Gasteiger charge is -2.39. The molecule has 1 aliphatic rings. The Hall–Kier alpha value is -1.53. The molecule has 0 radical (unpaired) electrons. The second-order valence-electron chi connectivity index (χ2n) is 5.52. The number of para-hydroxylation sites is 1. The number of nitriles is 1. The first-order valence-corrected chi connectivity index (χ1v) is 6.56. The number of anilines is 1. The highest BCUT2D eigenvalue weighted by atomic mass is 15.2. The average Bonchev–Trinajstić information content (AvgIpc) is 2.50. The molecule has 1 atom stereocenters. The van der Waals surface area contributed by atoms with E-state index >= 15 is 0 Å². The van der Waals surface area contributed by atoms with Crippen LogP contribution in [0.4, 0.5) is 5.69 Å². The highest BCUT2D eigenvalue weighted by molar-refractivity contribution is 5.49. The summed E-state index contributed by atoms with van der Waals surface area (Å²) in [6.45, 7) is 6.42. The van der Waals surface area contributed by atoms with Crippen LogP contribution in [0.5, 0.6) is 0 Å². The van der Waals surface area contributed by atoms with Crippen molar-refractivity contribution in [3.8, 4) is 6.07 Å². The topological polar surface area (TPSA) is 39.1 Å². The van der Waals surface area contributed by atoms with Gasteiger partial charge in [0.25, 0.3) is 0 Å². The van der Waals surface area contributed by atoms with Gasteiger partial charge in [0.05, 0.1) is 12.5 Å². The summed E-state index contributed by atoms with van der Waals surface area (Å²) in [6.07, 6.45) is 1.66. The quantitative estimate of drug-likeness (QED) is 0.867. The van der Waals surface area contributed by atoms with Gasteiger partial charge in [-0.3, -0.25) is 0 Å². The summed E-state index contributed by atoms with van der Waals surface area (Å²) in [7, 11) is 0. The van der Waals surface area contributed by atoms with Crippen LogP contribution in [0.3, 0.4) is 0 Å². The average molecular weight is 243 g/mol. The molecule has 1 aromatic rings. The van der Waals surface area contributed by atoms with Crippen LogP contribution in [-0.4, -0.2) is 24.7 Å². The molecular weight excluding hydrogens is 222 g/mol. The fraction of sp³-hybridized carbons (Fsp3) is 0.533. The molecular formula is C15H21N3. The second-order valence-corrected chi connectivity index (χ2v) is 5.52. The molecule has 0 spiro atoms. The largest absolute Gasteiger partial charge is 0.365 e. The van der Waals surface area contributed by atoms with E-state index in [0.717, 1.165) is 19.5 Å². The second kappa shape index (κ2) is 5.41. The van der Waals surface area contributed by atoms with E-state index in [0.29, 0.717) is 6.42 Å². The van der Waals surface area contributed by atoms with Gasteiger partial charge >= 0.3 is 0 Å². The molecule has 0 saturated carbocycles. The fourth-order valence-corrected chi connectivity index (χ4v) is 2.56. The Kier molecular flexibility index (Phi) is 3.88. The van der Waals surface area contributed by atoms with Gasteiger partial charge in [-0.1, -0.05) is 18.2 Å². The lowest BCUT2D eigenvalue weighted by molar-refractivity contribution is 0.452. The van der Waals surface area contributed by atoms with E-state index < -0.39 is 0 Å². The molecule has 1 heterocycles. The summed E-state index contributed by atoms with van der Waals surface area (Å²) in [5.74, 6) is 0. The van der Waals surface area contributed by atoms with Crippen molar-refractivity contribution in [3.05, 3.63) is 30.3 Å². The lowest BCUT2D eigenvalue weighted by Crippen LogP contribution is -2.46. The predicted octanol–water partition coefficient (Wildman–Crippen LogP) is 2.55. The Labute approximate surface area is 109 Å². The van der Waals surface area contributed by atoms with Crippen LogP contribution in [0, 0.1) is 11.3 Å². The molecule has 1 saturated heterocycles. The van der Waals surface area contributed by atoms with Crippen LogP contribution in [0.2, 0.25) is 0 Å². The van der Waals surface area contributed by atoms with Crippen molar-refractivity contribution < 1.29 is 0 Å². The zero-order valence-corrected chi connectivity index (χ0v) is 11.2. The zero-order valence-electron chi connectivity index (χ0n) is 11.2. The third-order valence-electron chi connectivity index (χ3n) is 3.71. The number of hydrogen-bond acceptors (Lipinski definition) is 3. The number of nitrogens with one attached hydrogen (secondary N) is 1. The van der Waals surface area contributed by atoms with E-state index in [1.165, 1.54) is 5.69 Å². The predicted molar refractivity (Wildman–Crippen MR) is 74.5 cm³/mol. The molecule has 0 amide bonds. The van der Waals surface area contributed by atoms with Crippen LogP contribution in [-0.2, 0) is 0 Å². The molecule has 1 N–H and O–H groups in total. The highest BCUT2D eigenvalue weighted by Gasteiger charge is 2.31. The molecule has 1 fully saturated rings. The van der Waals surface area contributed by atoms with Crippen molar-refractivity contribution in [2.24, 2.45) is 0 Å². The van der Waals surface area contributed by atoms with Gasteiger partial charge in [0.2, 0.25) is 0 Å². The highest BCUT2D eigenvalue weighted by Crippen LogP contribution is 2.28. The standard InChI is InChI=1S/C15H21N3/c1-15(2)9-11-17-13(8-10-16)12-18(15)14-6-4-3-5-7-14/h3-7,13,17H,8-9,11-12H2,1-2H3. The maximum atomic E-state index is 8.89. The minimum Gasteiger partial charge on any atom is -0.365 e. The molecule has 0 aromatic heterocycles. The van der Waals surface area contributed by atoms with Crippen molar-refractivity contribution in [2.45, 2.75) is 38.3 Å². The molecule has 3 nitrogen and oxygen atoms in total. The zero-order chi connectivity index (χ0) is 13.0. The Morgan fingerprint density at radius 3 is 2.78 bits per heavy atom. The summed E-state index contributed by atoms with van der Waals surface area (Å²) < 4.78 is 0. The van der Waals surface area contributed by atoms with E-state index in [4.69, 9.17) is 5.26 Å². The summed E-state index contributed by atoms with van der Waals surface area (Å²) in [5.41, 5.74) is 1.37. The first kappa shape index (κ1) is 12.9. The third kappa shape index (κ3) is 2.83. The summed E-state index contributed by atoms with van der Waals surface area (Å²) in [5, 5.41) is 12.4. The number of nitrogens with zero attached hydrogens (tertiary/aromatic N) is 2. The maximum Gasteiger partial charge on any atom is 0.0638 e. The van der Waals surface area contributed by atoms with Crippen LogP contribution in [0.25, 0.3) is 0 Å². The lowest BCUT2D eigenvalue weighted by atomic mass is 9.97. The van der Waals surface area contributed by atoms with Crippen molar-refractivity contribution in [1.29, 1.82) is 5.26 Å². The molecule has 1 unspecified atom stereocenters. The number of benzene rings is 1. The number of rotatable bonds is 2. The van der Waals surface area contributed by atoms with Gasteiger partial charge in [-0.2, -0.15) is 5.26 Å². The monoisotopic (exact) mass is 243 g/mol. The van der Waals surface area contributed by atoms with E-state index in [1.807, 2.05) is 6.07 Å². The molecule has 2 rings (SSSR count). The van der Waals surface area contributed by atoms with Gasteiger partial charge in [-0.15, -0.1) is 0 Å². The van der Waals surface area contributed by atoms with E-state index in [1.54, 1.807) is 0 Å². The third-order valence-corrected chi connectivity index (χ3v) is 3.71. The van der Waals surface area contributed by atoms with Gasteiger partial charge in [0.15, 0.2) is 0 Å². The molecule has 1 aromatic carbocycles. The summed E-state index contributed by atoms with van der Waals surface area (Å²) in [6, 6.07) is 13.0. The van der Waals surface area contributed by atoms with Gasteiger partial charge in [-0.05, 0) is 38.9 Å². The van der Waals surface area contributed by atoms with E-state index in [9.17, 15) is 0 Å². The van der Waals surface area contributed by atoms with Crippen LogP contribution in [0.15, 0.2) is 30.3 Å². The van der Waals surface area contributed by atoms with Gasteiger partial charge < -0.3 is 10.2 Å². The summed E-state index contributed by atoms with van der Waals surface area (Å²) >= 11 is 0. The van der Waals surface area contributed by atoms with Crippen molar-refractivity contribution in [2.75, 3.05) is 18.0 Å². The number of hydrogen-bond donors (Lipinski definition) is 1. The smallest absolute Gasteiger partial charge is 0.0638 e. The molecule has 0 bridgehead atoms. The summed E-state index contributed by atoms with van der Waals surface area (Å²) in [4.78, 5) is 2.43. The molecule has 18 heavy (non-hydrogen) atoms. The Balaban J connectivity index is 2.25. The normalized spacial score (nSPS) is 23.2. The van der Waals surface area contributed by atoms with Crippen molar-refractivity contribution >= 4 is 5.69 Å². The molecule has 0 aliphatic carbocycles. The molecule has 96 valence electrons. The van der Waals surface area contributed by atoms with Crippen molar-refractivity contribution in [3.63, 3.8) is 0 Å². The SMILES string of the molecule is CC1(C)CCNC(CC#N)CN1c1ccccc1. The van der Waals surface area contributed by atoms with Gasteiger partial charge in [0.1, 0.15) is 0 Å². The maximum absolute atomic E-state index is 8.89. The van der Waals surface area contributed by atoms with Crippen molar-refractivity contribution in [1.82, 2.24) is 5.32 Å². The molecule has 1 aliphatic heterocycles. The first-order valence-electron chi connectivity index (χ1n) is 6.56. The van der Waals surface area contributed by atoms with Crippen LogP contribution in [0.1, 0.15) is 26.7 Å². The van der Waals surface area contributed by atoms with Crippen LogP contribution < -0.4 is 10.2 Å². The Morgan fingerprint density at radius 1 is 1.39 bits per heavy atom. The minimum absolute atomic E-state index is 0.124. The van der Waals surface area contributed by atoms with E-state index in [2.05, 4.69) is 54.4 Å². The van der Waals surface area contributed by atoms with Gasteiger partial charge in [0, 0.05) is 23.8 Å². The minimum atomic E-state index is 0.124. The Morgan fingerprint density at radius 2 is 2.11 bits per heavy atom. The fourth-order valence-electron chi connectivity index (χ4n) is 2.56.